The molecule has 9 heteroatoms. The van der Waals surface area contributed by atoms with Crippen LogP contribution in [0.25, 0.3) is 10.8 Å². The van der Waals surface area contributed by atoms with Gasteiger partial charge in [-0.15, -0.1) is 0 Å². The van der Waals surface area contributed by atoms with E-state index in [4.69, 9.17) is 4.74 Å². The second-order valence-electron chi connectivity index (χ2n) is 6.04. The molecular weight excluding hydrogens is 400 g/mol. The maximum absolute atomic E-state index is 12.2. The Balaban J connectivity index is 1.57. The molecule has 0 radical (unpaired) electrons. The molecule has 0 aliphatic heterocycles. The van der Waals surface area contributed by atoms with E-state index < -0.39 is 31.0 Å². The average molecular weight is 415 g/mol. The maximum Gasteiger partial charge on any atom is 0.387 e. The molecular formula is C21H15F2NO6. The van der Waals surface area contributed by atoms with Gasteiger partial charge in [0.15, 0.2) is 6.61 Å². The quantitative estimate of drug-likeness (QED) is 0.600. The van der Waals surface area contributed by atoms with E-state index in [9.17, 15) is 28.3 Å². The van der Waals surface area contributed by atoms with E-state index >= 15 is 0 Å². The summed E-state index contributed by atoms with van der Waals surface area (Å²) < 4.78 is 33.3. The molecule has 0 unspecified atom stereocenters. The fourth-order valence-corrected chi connectivity index (χ4v) is 2.65. The van der Waals surface area contributed by atoms with Gasteiger partial charge in [0.1, 0.15) is 17.1 Å². The highest BCUT2D eigenvalue weighted by atomic mass is 19.3. The number of nitrogens with one attached hydrogen (secondary N) is 1. The van der Waals surface area contributed by atoms with Gasteiger partial charge in [-0.1, -0.05) is 30.3 Å². The second-order valence-corrected chi connectivity index (χ2v) is 6.04. The summed E-state index contributed by atoms with van der Waals surface area (Å²) in [5.41, 5.74) is -0.106. The van der Waals surface area contributed by atoms with E-state index in [2.05, 4.69) is 4.74 Å². The van der Waals surface area contributed by atoms with E-state index in [1.54, 1.807) is 30.3 Å². The van der Waals surface area contributed by atoms with Crippen LogP contribution in [0.1, 0.15) is 20.7 Å². The molecule has 0 saturated heterocycles. The Morgan fingerprint density at radius 3 is 2.37 bits per heavy atom. The van der Waals surface area contributed by atoms with Crippen LogP contribution in [-0.2, 0) is 9.53 Å². The standard InChI is InChI=1S/C21H15F2NO6/c22-21(23)30-14-8-5-13(6-9-14)19(27)24-17(25)11-29-20(28)16-10-7-12-3-1-2-4-15(12)18(16)26/h1-10,21,26H,11H2,(H,24,25,27). The number of carbonyl (C=O) groups excluding carboxylic acids is 3. The molecule has 2 amide bonds. The Kier molecular flexibility index (Phi) is 6.21. The Bertz CT molecular complexity index is 1100. The Labute approximate surface area is 168 Å². The predicted molar refractivity (Wildman–Crippen MR) is 101 cm³/mol. The van der Waals surface area contributed by atoms with Crippen LogP contribution in [0.2, 0.25) is 0 Å². The first kappa shape index (κ1) is 20.7. The van der Waals surface area contributed by atoms with Crippen molar-refractivity contribution in [2.24, 2.45) is 0 Å². The minimum atomic E-state index is -3.00. The minimum absolute atomic E-state index is 0.0171. The number of phenolic OH excluding ortho intramolecular Hbond substituents is 1. The van der Waals surface area contributed by atoms with Crippen LogP contribution >= 0.6 is 0 Å². The second kappa shape index (κ2) is 8.99. The number of ether oxygens (including phenoxy) is 2. The molecule has 3 rings (SSSR count). The van der Waals surface area contributed by atoms with Gasteiger partial charge in [-0.2, -0.15) is 8.78 Å². The molecule has 0 aliphatic rings. The van der Waals surface area contributed by atoms with Crippen molar-refractivity contribution < 1.29 is 37.7 Å². The van der Waals surface area contributed by atoms with Gasteiger partial charge in [-0.3, -0.25) is 14.9 Å². The van der Waals surface area contributed by atoms with Gasteiger partial charge in [0, 0.05) is 10.9 Å². The van der Waals surface area contributed by atoms with Crippen molar-refractivity contribution in [1.29, 1.82) is 0 Å². The number of carbonyl (C=O) groups is 3. The zero-order chi connectivity index (χ0) is 21.7. The summed E-state index contributed by atoms with van der Waals surface area (Å²) in [4.78, 5) is 36.1. The smallest absolute Gasteiger partial charge is 0.387 e. The number of hydrogen-bond acceptors (Lipinski definition) is 6. The van der Waals surface area contributed by atoms with Gasteiger partial charge in [0.25, 0.3) is 11.8 Å². The molecule has 30 heavy (non-hydrogen) atoms. The zero-order valence-corrected chi connectivity index (χ0v) is 15.3. The van der Waals surface area contributed by atoms with Gasteiger partial charge < -0.3 is 14.6 Å². The summed E-state index contributed by atoms with van der Waals surface area (Å²) in [6, 6.07) is 14.5. The third kappa shape index (κ3) is 4.88. The highest BCUT2D eigenvalue weighted by molar-refractivity contribution is 6.06. The number of halogens is 2. The highest BCUT2D eigenvalue weighted by Crippen LogP contribution is 2.28. The van der Waals surface area contributed by atoms with E-state index in [1.165, 1.54) is 18.2 Å². The Hall–Kier alpha value is -4.01. The first-order valence-electron chi connectivity index (χ1n) is 8.62. The SMILES string of the molecule is O=C(COC(=O)c1ccc2ccccc2c1O)NC(=O)c1ccc(OC(F)F)cc1. The Morgan fingerprint density at radius 2 is 1.67 bits per heavy atom. The van der Waals surface area contributed by atoms with E-state index in [0.29, 0.717) is 5.39 Å². The van der Waals surface area contributed by atoms with Crippen molar-refractivity contribution in [3.63, 3.8) is 0 Å². The minimum Gasteiger partial charge on any atom is -0.506 e. The van der Waals surface area contributed by atoms with Gasteiger partial charge in [-0.25, -0.2) is 4.79 Å². The summed E-state index contributed by atoms with van der Waals surface area (Å²) in [5.74, 6) is -3.07. The van der Waals surface area contributed by atoms with Crippen LogP contribution in [0.15, 0.2) is 60.7 Å². The zero-order valence-electron chi connectivity index (χ0n) is 15.3. The first-order chi connectivity index (χ1) is 14.3. The molecule has 0 heterocycles. The number of benzene rings is 3. The number of phenols is 1. The van der Waals surface area contributed by atoms with Crippen LogP contribution in [0, 0.1) is 0 Å². The number of imide groups is 1. The topological polar surface area (TPSA) is 102 Å². The molecule has 2 N–H and O–H groups in total. The molecule has 0 atom stereocenters. The summed E-state index contributed by atoms with van der Waals surface area (Å²) in [5, 5.41) is 13.4. The molecule has 0 spiro atoms. The van der Waals surface area contributed by atoms with Crippen molar-refractivity contribution in [1.82, 2.24) is 5.32 Å². The molecule has 0 bridgehead atoms. The normalized spacial score (nSPS) is 10.6. The highest BCUT2D eigenvalue weighted by Gasteiger charge is 2.18. The third-order valence-corrected chi connectivity index (χ3v) is 4.05. The van der Waals surface area contributed by atoms with E-state index in [0.717, 1.165) is 17.5 Å². The maximum atomic E-state index is 12.2. The fourth-order valence-electron chi connectivity index (χ4n) is 2.65. The van der Waals surface area contributed by atoms with Crippen molar-refractivity contribution in [3.8, 4) is 11.5 Å². The Morgan fingerprint density at radius 1 is 0.967 bits per heavy atom. The summed E-state index contributed by atoms with van der Waals surface area (Å²) in [7, 11) is 0. The molecule has 3 aromatic carbocycles. The lowest BCUT2D eigenvalue weighted by Crippen LogP contribution is -2.34. The number of aromatic hydroxyl groups is 1. The number of amides is 2. The number of rotatable bonds is 6. The van der Waals surface area contributed by atoms with Gasteiger partial charge >= 0.3 is 12.6 Å². The molecule has 0 aliphatic carbocycles. The van der Waals surface area contributed by atoms with Gasteiger partial charge in [0.05, 0.1) is 0 Å². The van der Waals surface area contributed by atoms with Crippen LogP contribution < -0.4 is 10.1 Å². The fraction of sp³-hybridized carbons (Fsp3) is 0.0952. The summed E-state index contributed by atoms with van der Waals surface area (Å²) >= 11 is 0. The predicted octanol–water partition coefficient (Wildman–Crippen LogP) is 3.26. The average Bonchev–Trinajstić information content (AvgIpc) is 2.72. The van der Waals surface area contributed by atoms with E-state index in [1.807, 2.05) is 5.32 Å². The van der Waals surface area contributed by atoms with Crippen molar-refractivity contribution in [2.45, 2.75) is 6.61 Å². The first-order valence-corrected chi connectivity index (χ1v) is 8.62. The number of alkyl halides is 2. The van der Waals surface area contributed by atoms with Crippen molar-refractivity contribution in [2.75, 3.05) is 6.61 Å². The molecule has 3 aromatic rings. The largest absolute Gasteiger partial charge is 0.506 e. The van der Waals surface area contributed by atoms with E-state index in [-0.39, 0.29) is 22.6 Å². The summed E-state index contributed by atoms with van der Waals surface area (Å²) in [6.07, 6.45) is 0. The van der Waals surface area contributed by atoms with Crippen LogP contribution in [0.4, 0.5) is 8.78 Å². The van der Waals surface area contributed by atoms with Crippen LogP contribution in [0.5, 0.6) is 11.5 Å². The molecule has 0 aromatic heterocycles. The third-order valence-electron chi connectivity index (χ3n) is 4.05. The monoisotopic (exact) mass is 415 g/mol. The molecule has 154 valence electrons. The van der Waals surface area contributed by atoms with Gasteiger partial charge in [0.2, 0.25) is 0 Å². The number of fused-ring (bicyclic) bond motifs is 1. The molecule has 0 fully saturated rings. The lowest BCUT2D eigenvalue weighted by atomic mass is 10.1. The molecule has 7 nitrogen and oxygen atoms in total. The number of hydrogen-bond donors (Lipinski definition) is 2. The molecule has 0 saturated carbocycles. The van der Waals surface area contributed by atoms with Crippen molar-refractivity contribution in [3.05, 3.63) is 71.8 Å². The lowest BCUT2D eigenvalue weighted by molar-refractivity contribution is -0.123. The van der Waals surface area contributed by atoms with Crippen LogP contribution in [0.3, 0.4) is 0 Å². The number of esters is 1. The van der Waals surface area contributed by atoms with Crippen molar-refractivity contribution >= 4 is 28.6 Å². The lowest BCUT2D eigenvalue weighted by Gasteiger charge is -2.09. The van der Waals surface area contributed by atoms with Crippen LogP contribution in [-0.4, -0.2) is 36.1 Å². The summed E-state index contributed by atoms with van der Waals surface area (Å²) in [6.45, 7) is -3.76. The van der Waals surface area contributed by atoms with Gasteiger partial charge in [-0.05, 0) is 35.7 Å².